The normalized spacial score (nSPS) is 16.1. The van der Waals surface area contributed by atoms with Gasteiger partial charge in [-0.3, -0.25) is 0 Å². The van der Waals surface area contributed by atoms with Crippen molar-refractivity contribution in [2.45, 2.75) is 18.9 Å². The fraction of sp³-hybridized carbons (Fsp3) is 0.444. The maximum absolute atomic E-state index is 13.1. The summed E-state index contributed by atoms with van der Waals surface area (Å²) in [7, 11) is 2.07. The average Bonchev–Trinajstić information content (AvgIpc) is 3.22. The Morgan fingerprint density at radius 2 is 2.00 bits per heavy atom. The number of aliphatic hydroxyl groups excluding tert-OH is 1. The predicted molar refractivity (Wildman–Crippen MR) is 101 cm³/mol. The first-order chi connectivity index (χ1) is 12.6. The summed E-state index contributed by atoms with van der Waals surface area (Å²) in [5.41, 5.74) is 1.69. The summed E-state index contributed by atoms with van der Waals surface area (Å²) in [6, 6.07) is 6.87. The predicted octanol–water partition coefficient (Wildman–Crippen LogP) is 2.49. The third-order valence-corrected chi connectivity index (χ3v) is 5.97. The molecule has 4 rings (SSSR count). The summed E-state index contributed by atoms with van der Waals surface area (Å²) in [4.78, 5) is 10.0. The van der Waals surface area contributed by atoms with Crippen molar-refractivity contribution in [3.8, 4) is 11.3 Å². The minimum atomic E-state index is -0.247. The third-order valence-electron chi connectivity index (χ3n) is 4.98. The van der Waals surface area contributed by atoms with Gasteiger partial charge in [0.15, 0.2) is 0 Å². The van der Waals surface area contributed by atoms with Crippen molar-refractivity contribution in [2.75, 3.05) is 38.2 Å². The Kier molecular flexibility index (Phi) is 4.88. The van der Waals surface area contributed by atoms with E-state index in [0.717, 1.165) is 53.8 Å². The van der Waals surface area contributed by atoms with Crippen LogP contribution < -0.4 is 4.90 Å². The summed E-state index contributed by atoms with van der Waals surface area (Å²) in [5.74, 6) is -0.247. The van der Waals surface area contributed by atoms with Gasteiger partial charge in [0, 0.05) is 31.2 Å². The molecule has 0 saturated carbocycles. The van der Waals surface area contributed by atoms with Crippen molar-refractivity contribution in [3.05, 3.63) is 36.3 Å². The molecular formula is C18H22FN5OS. The molecule has 1 aliphatic rings. The number of piperidine rings is 1. The van der Waals surface area contributed by atoms with Crippen LogP contribution in [0.15, 0.2) is 30.5 Å². The number of imidazole rings is 1. The first-order valence-electron chi connectivity index (χ1n) is 8.82. The van der Waals surface area contributed by atoms with Crippen LogP contribution in [0.5, 0.6) is 0 Å². The molecule has 1 aromatic carbocycles. The fourth-order valence-corrected chi connectivity index (χ4v) is 4.35. The molecule has 0 bridgehead atoms. The minimum absolute atomic E-state index is 0.205. The molecule has 0 amide bonds. The Balaban J connectivity index is 1.46. The van der Waals surface area contributed by atoms with Crippen molar-refractivity contribution >= 4 is 21.4 Å². The van der Waals surface area contributed by atoms with E-state index in [2.05, 4.69) is 26.9 Å². The molecule has 1 fully saturated rings. The molecule has 0 atom stereocenters. The molecule has 0 unspecified atom stereocenters. The molecule has 1 saturated heterocycles. The highest BCUT2D eigenvalue weighted by Crippen LogP contribution is 2.29. The number of likely N-dealkylation sites (N-methyl/N-ethyl adjacent to an activating group) is 1. The van der Waals surface area contributed by atoms with E-state index in [1.165, 1.54) is 12.1 Å². The topological polar surface area (TPSA) is 56.9 Å². The minimum Gasteiger partial charge on any atom is -0.395 e. The van der Waals surface area contributed by atoms with Gasteiger partial charge in [-0.2, -0.15) is 0 Å². The van der Waals surface area contributed by atoms with Crippen molar-refractivity contribution in [3.63, 3.8) is 0 Å². The summed E-state index contributed by atoms with van der Waals surface area (Å²) in [6.45, 7) is 2.85. The van der Waals surface area contributed by atoms with Crippen LogP contribution in [0.1, 0.15) is 12.8 Å². The van der Waals surface area contributed by atoms with Gasteiger partial charge in [-0.05, 0) is 44.2 Å². The Morgan fingerprint density at radius 3 is 2.65 bits per heavy atom. The van der Waals surface area contributed by atoms with E-state index >= 15 is 0 Å². The summed E-state index contributed by atoms with van der Waals surface area (Å²) in [5, 5.41) is 14.7. The smallest absolute Gasteiger partial charge is 0.214 e. The van der Waals surface area contributed by atoms with E-state index in [1.54, 1.807) is 23.5 Å². The van der Waals surface area contributed by atoms with Crippen molar-refractivity contribution < 1.29 is 9.50 Å². The Bertz CT molecular complexity index is 838. The molecule has 3 aromatic rings. The van der Waals surface area contributed by atoms with Crippen LogP contribution in [0.4, 0.5) is 9.52 Å². The Morgan fingerprint density at radius 1 is 1.27 bits per heavy atom. The Hall–Kier alpha value is -2.03. The standard InChI is InChI=1S/C18H22FN5OS/c1-22(10-11-25)15-6-8-23(9-7-15)18-21-24-12-16(20-17(24)26-18)13-2-4-14(19)5-3-13/h2-5,12,15,25H,6-11H2,1H3. The second-order valence-corrected chi connectivity index (χ2v) is 7.60. The van der Waals surface area contributed by atoms with Crippen molar-refractivity contribution in [1.29, 1.82) is 0 Å². The lowest BCUT2D eigenvalue weighted by Crippen LogP contribution is -2.44. The van der Waals surface area contributed by atoms with Crippen molar-refractivity contribution in [1.82, 2.24) is 19.5 Å². The van der Waals surface area contributed by atoms with E-state index < -0.39 is 0 Å². The van der Waals surface area contributed by atoms with Gasteiger partial charge in [-0.1, -0.05) is 11.3 Å². The maximum atomic E-state index is 13.1. The molecule has 0 aliphatic carbocycles. The van der Waals surface area contributed by atoms with Gasteiger partial charge in [0.05, 0.1) is 18.5 Å². The van der Waals surface area contributed by atoms with Gasteiger partial charge < -0.3 is 14.9 Å². The first kappa shape index (κ1) is 17.4. The zero-order chi connectivity index (χ0) is 18.1. The van der Waals surface area contributed by atoms with Gasteiger partial charge in [-0.25, -0.2) is 13.9 Å². The van der Waals surface area contributed by atoms with Crippen LogP contribution in [0.2, 0.25) is 0 Å². The van der Waals surface area contributed by atoms with E-state index in [0.29, 0.717) is 6.04 Å². The lowest BCUT2D eigenvalue weighted by atomic mass is 10.0. The number of hydrogen-bond acceptors (Lipinski definition) is 6. The van der Waals surface area contributed by atoms with E-state index in [9.17, 15) is 4.39 Å². The maximum Gasteiger partial charge on any atom is 0.214 e. The molecule has 1 aliphatic heterocycles. The highest BCUT2D eigenvalue weighted by molar-refractivity contribution is 7.20. The van der Waals surface area contributed by atoms with Crippen LogP contribution in [0.3, 0.4) is 0 Å². The molecule has 0 radical (unpaired) electrons. The van der Waals surface area contributed by atoms with Crippen LogP contribution in [-0.4, -0.2) is 63.9 Å². The number of benzene rings is 1. The number of halogens is 1. The quantitative estimate of drug-likeness (QED) is 0.743. The van der Waals surface area contributed by atoms with Crippen LogP contribution >= 0.6 is 11.3 Å². The van der Waals surface area contributed by atoms with E-state index in [1.807, 2.05) is 10.7 Å². The largest absolute Gasteiger partial charge is 0.395 e. The fourth-order valence-electron chi connectivity index (χ4n) is 3.42. The molecule has 3 heterocycles. The van der Waals surface area contributed by atoms with Gasteiger partial charge in [0.1, 0.15) is 5.82 Å². The number of rotatable bonds is 5. The molecule has 2 aromatic heterocycles. The van der Waals surface area contributed by atoms with Crippen LogP contribution in [0.25, 0.3) is 16.2 Å². The summed E-state index contributed by atoms with van der Waals surface area (Å²) in [6.07, 6.45) is 4.03. The number of fused-ring (bicyclic) bond motifs is 1. The number of nitrogens with zero attached hydrogens (tertiary/aromatic N) is 5. The average molecular weight is 375 g/mol. The second kappa shape index (κ2) is 7.30. The van der Waals surface area contributed by atoms with Crippen LogP contribution in [0, 0.1) is 5.82 Å². The van der Waals surface area contributed by atoms with Gasteiger partial charge in [0.2, 0.25) is 10.1 Å². The molecule has 26 heavy (non-hydrogen) atoms. The molecule has 8 heteroatoms. The monoisotopic (exact) mass is 375 g/mol. The Labute approximate surface area is 155 Å². The second-order valence-electron chi connectivity index (χ2n) is 6.67. The van der Waals surface area contributed by atoms with E-state index in [-0.39, 0.29) is 12.4 Å². The molecule has 6 nitrogen and oxygen atoms in total. The molecule has 138 valence electrons. The number of anilines is 1. The van der Waals surface area contributed by atoms with Crippen molar-refractivity contribution in [2.24, 2.45) is 0 Å². The number of aliphatic hydroxyl groups is 1. The van der Waals surface area contributed by atoms with Gasteiger partial charge in [0.25, 0.3) is 0 Å². The highest BCUT2D eigenvalue weighted by atomic mass is 32.1. The first-order valence-corrected chi connectivity index (χ1v) is 9.64. The number of aromatic nitrogens is 3. The summed E-state index contributed by atoms with van der Waals surface area (Å²) >= 11 is 1.58. The highest BCUT2D eigenvalue weighted by Gasteiger charge is 2.24. The molecule has 0 spiro atoms. The summed E-state index contributed by atoms with van der Waals surface area (Å²) < 4.78 is 14.9. The van der Waals surface area contributed by atoms with Crippen LogP contribution in [-0.2, 0) is 0 Å². The number of hydrogen-bond donors (Lipinski definition) is 1. The lowest BCUT2D eigenvalue weighted by Gasteiger charge is -2.36. The third kappa shape index (κ3) is 3.44. The lowest BCUT2D eigenvalue weighted by molar-refractivity contribution is 0.161. The SMILES string of the molecule is CN(CCO)C1CCN(c2nn3cc(-c4ccc(F)cc4)nc3s2)CC1. The van der Waals surface area contributed by atoms with Gasteiger partial charge >= 0.3 is 0 Å². The molecule has 1 N–H and O–H groups in total. The van der Waals surface area contributed by atoms with Gasteiger partial charge in [-0.15, -0.1) is 5.10 Å². The zero-order valence-corrected chi connectivity index (χ0v) is 15.5. The van der Waals surface area contributed by atoms with E-state index in [4.69, 9.17) is 5.11 Å². The zero-order valence-electron chi connectivity index (χ0n) is 14.7. The molecular weight excluding hydrogens is 353 g/mol.